The quantitative estimate of drug-likeness (QED) is 0.889. The van der Waals surface area contributed by atoms with Crippen LogP contribution in [0.2, 0.25) is 0 Å². The van der Waals surface area contributed by atoms with Gasteiger partial charge in [-0.15, -0.1) is 0 Å². The minimum atomic E-state index is 0.280. The molecule has 0 aromatic heterocycles. The van der Waals surface area contributed by atoms with Crippen molar-refractivity contribution in [2.24, 2.45) is 0 Å². The molecule has 0 saturated carbocycles. The number of aromatic hydroxyl groups is 1. The van der Waals surface area contributed by atoms with Crippen LogP contribution >= 0.6 is 15.9 Å². The van der Waals surface area contributed by atoms with E-state index in [9.17, 15) is 5.11 Å². The van der Waals surface area contributed by atoms with Gasteiger partial charge in [-0.1, -0.05) is 22.4 Å². The van der Waals surface area contributed by atoms with E-state index in [2.05, 4.69) is 34.7 Å². The van der Waals surface area contributed by atoms with E-state index in [1.807, 2.05) is 12.1 Å². The highest BCUT2D eigenvalue weighted by molar-refractivity contribution is 9.10. The lowest BCUT2D eigenvalue weighted by Gasteiger charge is -2.38. The highest BCUT2D eigenvalue weighted by Crippen LogP contribution is 2.34. The Hall–Kier alpha value is -0.540. The summed E-state index contributed by atoms with van der Waals surface area (Å²) in [4.78, 5) is 2.49. The zero-order chi connectivity index (χ0) is 12.4. The van der Waals surface area contributed by atoms with E-state index in [-0.39, 0.29) is 6.04 Å². The molecular weight excluding hydrogens is 278 g/mol. The summed E-state index contributed by atoms with van der Waals surface area (Å²) in [6.07, 6.45) is 3.86. The molecule has 2 nitrogen and oxygen atoms in total. The lowest BCUT2D eigenvalue weighted by molar-refractivity contribution is 0.113. The molecule has 1 aromatic rings. The molecule has 2 rings (SSSR count). The van der Waals surface area contributed by atoms with Crippen LogP contribution in [0, 0.1) is 0 Å². The summed E-state index contributed by atoms with van der Waals surface area (Å²) in [6.45, 7) is 5.60. The molecule has 1 aliphatic heterocycles. The van der Waals surface area contributed by atoms with Gasteiger partial charge in [0.05, 0.1) is 0 Å². The molecule has 0 amide bonds. The van der Waals surface area contributed by atoms with Gasteiger partial charge in [-0.25, -0.2) is 0 Å². The molecule has 0 spiro atoms. The van der Waals surface area contributed by atoms with Crippen molar-refractivity contribution in [3.8, 4) is 5.75 Å². The van der Waals surface area contributed by atoms with Crippen molar-refractivity contribution in [2.45, 2.75) is 45.2 Å². The summed E-state index contributed by atoms with van der Waals surface area (Å²) in [5, 5.41) is 9.97. The minimum absolute atomic E-state index is 0.280. The fraction of sp³-hybridized carbons (Fsp3) is 0.571. The second kappa shape index (κ2) is 5.40. The summed E-state index contributed by atoms with van der Waals surface area (Å²) in [6, 6.07) is 6.57. The van der Waals surface area contributed by atoms with Gasteiger partial charge in [0.1, 0.15) is 5.75 Å². The monoisotopic (exact) mass is 297 g/mol. The first-order valence-corrected chi connectivity index (χ1v) is 7.13. The van der Waals surface area contributed by atoms with Crippen molar-refractivity contribution in [3.63, 3.8) is 0 Å². The number of benzene rings is 1. The molecule has 1 aromatic carbocycles. The number of phenolic OH excluding ortho intramolecular Hbond substituents is 1. The molecule has 1 aliphatic rings. The first-order chi connectivity index (χ1) is 8.09. The van der Waals surface area contributed by atoms with Crippen LogP contribution in [0.15, 0.2) is 22.7 Å². The van der Waals surface area contributed by atoms with Crippen LogP contribution < -0.4 is 0 Å². The summed E-state index contributed by atoms with van der Waals surface area (Å²) < 4.78 is 1.03. The van der Waals surface area contributed by atoms with Crippen LogP contribution in [0.5, 0.6) is 5.75 Å². The SMILES string of the molecule is CC1CCCCN1C(C)c1cc(Br)ccc1O. The number of halogens is 1. The van der Waals surface area contributed by atoms with Gasteiger partial charge in [-0.3, -0.25) is 4.90 Å². The van der Waals surface area contributed by atoms with Crippen molar-refractivity contribution in [3.05, 3.63) is 28.2 Å². The zero-order valence-corrected chi connectivity index (χ0v) is 12.1. The largest absolute Gasteiger partial charge is 0.508 e. The first kappa shape index (κ1) is 12.9. The highest BCUT2D eigenvalue weighted by atomic mass is 79.9. The van der Waals surface area contributed by atoms with Crippen LogP contribution in [0.4, 0.5) is 0 Å². The number of rotatable bonds is 2. The molecule has 1 heterocycles. The number of hydrogen-bond donors (Lipinski definition) is 1. The van der Waals surface area contributed by atoms with Crippen molar-refractivity contribution in [1.29, 1.82) is 0 Å². The topological polar surface area (TPSA) is 23.5 Å². The van der Waals surface area contributed by atoms with Gasteiger partial charge in [-0.2, -0.15) is 0 Å². The fourth-order valence-electron chi connectivity index (χ4n) is 2.73. The Labute approximate surface area is 112 Å². The van der Waals surface area contributed by atoms with Crippen LogP contribution in [0.3, 0.4) is 0 Å². The second-order valence-corrected chi connectivity index (χ2v) is 5.88. The Morgan fingerprint density at radius 3 is 2.88 bits per heavy atom. The molecule has 94 valence electrons. The number of phenols is 1. The van der Waals surface area contributed by atoms with Gasteiger partial charge in [0.15, 0.2) is 0 Å². The van der Waals surface area contributed by atoms with Crippen molar-refractivity contribution < 1.29 is 5.11 Å². The van der Waals surface area contributed by atoms with Gasteiger partial charge in [0, 0.05) is 22.1 Å². The fourth-order valence-corrected chi connectivity index (χ4v) is 3.11. The summed E-state index contributed by atoms with van der Waals surface area (Å²) >= 11 is 3.47. The molecule has 0 radical (unpaired) electrons. The highest BCUT2D eigenvalue weighted by Gasteiger charge is 2.25. The molecule has 2 atom stereocenters. The standard InChI is InChI=1S/C14H20BrNO/c1-10-5-3-4-8-16(10)11(2)13-9-12(15)6-7-14(13)17/h6-7,9-11,17H,3-5,8H2,1-2H3. The third-order valence-corrected chi connectivity index (χ3v) is 4.28. The van der Waals surface area contributed by atoms with Crippen molar-refractivity contribution in [2.75, 3.05) is 6.54 Å². The molecule has 0 bridgehead atoms. The Kier molecular flexibility index (Phi) is 4.10. The van der Waals surface area contributed by atoms with E-state index >= 15 is 0 Å². The maximum atomic E-state index is 9.97. The third-order valence-electron chi connectivity index (χ3n) is 3.79. The summed E-state index contributed by atoms with van der Waals surface area (Å²) in [7, 11) is 0. The predicted octanol–water partition coefficient (Wildman–Crippen LogP) is 4.09. The van der Waals surface area contributed by atoms with E-state index in [0.29, 0.717) is 11.8 Å². The molecule has 2 unspecified atom stereocenters. The minimum Gasteiger partial charge on any atom is -0.508 e. The molecule has 1 N–H and O–H groups in total. The average Bonchev–Trinajstić information content (AvgIpc) is 2.32. The molecule has 1 fully saturated rings. The summed E-state index contributed by atoms with van der Waals surface area (Å²) in [5.41, 5.74) is 1.02. The molecular formula is C14H20BrNO. The van der Waals surface area contributed by atoms with Gasteiger partial charge in [0.2, 0.25) is 0 Å². The average molecular weight is 298 g/mol. The maximum absolute atomic E-state index is 9.97. The predicted molar refractivity (Wildman–Crippen MR) is 74.2 cm³/mol. The molecule has 17 heavy (non-hydrogen) atoms. The van der Waals surface area contributed by atoms with E-state index in [0.717, 1.165) is 16.6 Å². The lowest BCUT2D eigenvalue weighted by atomic mass is 9.98. The van der Waals surface area contributed by atoms with Crippen LogP contribution in [-0.2, 0) is 0 Å². The van der Waals surface area contributed by atoms with E-state index < -0.39 is 0 Å². The molecule has 1 saturated heterocycles. The van der Waals surface area contributed by atoms with Gasteiger partial charge in [0.25, 0.3) is 0 Å². The van der Waals surface area contributed by atoms with Gasteiger partial charge < -0.3 is 5.11 Å². The number of likely N-dealkylation sites (tertiary alicyclic amines) is 1. The van der Waals surface area contributed by atoms with Crippen molar-refractivity contribution >= 4 is 15.9 Å². The normalized spacial score (nSPS) is 23.6. The van der Waals surface area contributed by atoms with E-state index in [4.69, 9.17) is 0 Å². The van der Waals surface area contributed by atoms with Crippen LogP contribution in [-0.4, -0.2) is 22.6 Å². The van der Waals surface area contributed by atoms with E-state index in [1.165, 1.54) is 19.3 Å². The Morgan fingerprint density at radius 2 is 2.18 bits per heavy atom. The van der Waals surface area contributed by atoms with Crippen LogP contribution in [0.25, 0.3) is 0 Å². The smallest absolute Gasteiger partial charge is 0.120 e. The summed E-state index contributed by atoms with van der Waals surface area (Å²) in [5.74, 6) is 0.401. The zero-order valence-electron chi connectivity index (χ0n) is 10.5. The van der Waals surface area contributed by atoms with Gasteiger partial charge >= 0.3 is 0 Å². The van der Waals surface area contributed by atoms with Crippen molar-refractivity contribution in [1.82, 2.24) is 4.90 Å². The molecule has 0 aliphatic carbocycles. The number of nitrogens with zero attached hydrogens (tertiary/aromatic N) is 1. The number of hydrogen-bond acceptors (Lipinski definition) is 2. The van der Waals surface area contributed by atoms with Crippen LogP contribution in [0.1, 0.15) is 44.7 Å². The van der Waals surface area contributed by atoms with Gasteiger partial charge in [-0.05, 0) is 51.4 Å². The first-order valence-electron chi connectivity index (χ1n) is 6.33. The Morgan fingerprint density at radius 1 is 1.41 bits per heavy atom. The Balaban J connectivity index is 2.23. The maximum Gasteiger partial charge on any atom is 0.120 e. The van der Waals surface area contributed by atoms with E-state index in [1.54, 1.807) is 6.07 Å². The lowest BCUT2D eigenvalue weighted by Crippen LogP contribution is -2.39. The third kappa shape index (κ3) is 2.83. The second-order valence-electron chi connectivity index (χ2n) is 4.96. The molecule has 3 heteroatoms. The Bertz CT molecular complexity index is 394. The number of piperidine rings is 1.